The van der Waals surface area contributed by atoms with Crippen molar-refractivity contribution in [3.63, 3.8) is 0 Å². The number of rotatable bonds is 3. The van der Waals surface area contributed by atoms with E-state index in [-0.39, 0.29) is 5.91 Å². The van der Waals surface area contributed by atoms with Crippen molar-refractivity contribution in [3.8, 4) is 11.3 Å². The molecule has 0 saturated heterocycles. The quantitative estimate of drug-likeness (QED) is 0.611. The summed E-state index contributed by atoms with van der Waals surface area (Å²) < 4.78 is 1.83. The maximum Gasteiger partial charge on any atom is 0.275 e. The molecule has 1 amide bonds. The molecule has 23 heavy (non-hydrogen) atoms. The predicted molar refractivity (Wildman–Crippen MR) is 87.2 cm³/mol. The zero-order valence-electron chi connectivity index (χ0n) is 12.1. The standard InChI is InChI=1S/C17H13N5O/c23-17(19-13-4-2-1-3-5-13)15-11-22-10-12(6-7-16(22)20-15)14-8-9-18-21-14/h1-11H,(H,18,21)(H,19,23). The van der Waals surface area contributed by atoms with E-state index < -0.39 is 0 Å². The van der Waals surface area contributed by atoms with Gasteiger partial charge in [-0.25, -0.2) is 4.98 Å². The number of pyridine rings is 1. The summed E-state index contributed by atoms with van der Waals surface area (Å²) in [6.45, 7) is 0. The number of aromatic nitrogens is 4. The van der Waals surface area contributed by atoms with Gasteiger partial charge in [-0.3, -0.25) is 9.89 Å². The number of fused-ring (bicyclic) bond motifs is 1. The molecule has 0 aliphatic heterocycles. The second kappa shape index (κ2) is 5.42. The molecule has 0 atom stereocenters. The van der Waals surface area contributed by atoms with E-state index in [1.54, 1.807) is 12.4 Å². The van der Waals surface area contributed by atoms with E-state index in [9.17, 15) is 4.79 Å². The molecular formula is C17H13N5O. The number of carbonyl (C=O) groups excluding carboxylic acids is 1. The highest BCUT2D eigenvalue weighted by Crippen LogP contribution is 2.18. The Morgan fingerprint density at radius 1 is 1.04 bits per heavy atom. The van der Waals surface area contributed by atoms with Gasteiger partial charge in [0.1, 0.15) is 11.3 Å². The Hall–Kier alpha value is -3.41. The molecule has 0 spiro atoms. The van der Waals surface area contributed by atoms with Crippen LogP contribution >= 0.6 is 0 Å². The van der Waals surface area contributed by atoms with Crippen LogP contribution in [-0.4, -0.2) is 25.5 Å². The van der Waals surface area contributed by atoms with Crippen molar-refractivity contribution in [1.82, 2.24) is 19.6 Å². The van der Waals surface area contributed by atoms with E-state index >= 15 is 0 Å². The largest absolute Gasteiger partial charge is 0.321 e. The molecule has 0 aliphatic carbocycles. The number of aromatic amines is 1. The molecule has 0 fully saturated rings. The molecule has 6 nitrogen and oxygen atoms in total. The number of hydrogen-bond acceptors (Lipinski definition) is 3. The van der Waals surface area contributed by atoms with E-state index in [4.69, 9.17) is 0 Å². The van der Waals surface area contributed by atoms with E-state index in [0.29, 0.717) is 11.3 Å². The van der Waals surface area contributed by atoms with E-state index in [1.165, 1.54) is 0 Å². The van der Waals surface area contributed by atoms with Gasteiger partial charge in [0.05, 0.1) is 5.69 Å². The van der Waals surface area contributed by atoms with Crippen LogP contribution in [-0.2, 0) is 0 Å². The fourth-order valence-corrected chi connectivity index (χ4v) is 2.39. The molecule has 0 aliphatic rings. The summed E-state index contributed by atoms with van der Waals surface area (Å²) >= 11 is 0. The molecule has 4 rings (SSSR count). The number of para-hydroxylation sites is 1. The lowest BCUT2D eigenvalue weighted by atomic mass is 10.2. The van der Waals surface area contributed by atoms with Crippen LogP contribution in [0.25, 0.3) is 16.9 Å². The molecule has 0 radical (unpaired) electrons. The first kappa shape index (κ1) is 13.3. The average molecular weight is 303 g/mol. The van der Waals surface area contributed by atoms with Crippen molar-refractivity contribution in [3.05, 3.63) is 72.8 Å². The molecule has 112 valence electrons. The number of imidazole rings is 1. The van der Waals surface area contributed by atoms with E-state index in [1.807, 2.05) is 59.1 Å². The molecule has 2 N–H and O–H groups in total. The molecule has 4 aromatic rings. The van der Waals surface area contributed by atoms with Crippen LogP contribution in [0.1, 0.15) is 10.5 Å². The third kappa shape index (κ3) is 2.57. The monoisotopic (exact) mass is 303 g/mol. The molecule has 1 aromatic carbocycles. The summed E-state index contributed by atoms with van der Waals surface area (Å²) in [6, 6.07) is 15.0. The summed E-state index contributed by atoms with van der Waals surface area (Å²) in [5, 5.41) is 9.69. The zero-order chi connectivity index (χ0) is 15.6. The minimum Gasteiger partial charge on any atom is -0.321 e. The van der Waals surface area contributed by atoms with Crippen LogP contribution in [0.4, 0.5) is 5.69 Å². The van der Waals surface area contributed by atoms with Crippen molar-refractivity contribution < 1.29 is 4.79 Å². The summed E-state index contributed by atoms with van der Waals surface area (Å²) in [7, 11) is 0. The Balaban J connectivity index is 1.65. The average Bonchev–Trinajstić information content (AvgIpc) is 3.24. The van der Waals surface area contributed by atoms with Crippen molar-refractivity contribution in [1.29, 1.82) is 0 Å². The first-order chi connectivity index (χ1) is 11.3. The second-order valence-corrected chi connectivity index (χ2v) is 5.10. The minimum absolute atomic E-state index is 0.233. The van der Waals surface area contributed by atoms with Gasteiger partial charge in [0.2, 0.25) is 0 Å². The minimum atomic E-state index is -0.233. The number of anilines is 1. The van der Waals surface area contributed by atoms with Crippen molar-refractivity contribution in [2.75, 3.05) is 5.32 Å². The van der Waals surface area contributed by atoms with Crippen LogP contribution < -0.4 is 5.32 Å². The zero-order valence-corrected chi connectivity index (χ0v) is 12.1. The number of H-pyrrole nitrogens is 1. The van der Waals surface area contributed by atoms with Crippen LogP contribution in [0.5, 0.6) is 0 Å². The summed E-state index contributed by atoms with van der Waals surface area (Å²) in [6.07, 6.45) is 5.33. The van der Waals surface area contributed by atoms with Crippen molar-refractivity contribution in [2.45, 2.75) is 0 Å². The summed E-state index contributed by atoms with van der Waals surface area (Å²) in [5.74, 6) is -0.233. The van der Waals surface area contributed by atoms with Crippen LogP contribution in [0.15, 0.2) is 67.1 Å². The van der Waals surface area contributed by atoms with Gasteiger partial charge < -0.3 is 9.72 Å². The molecule has 3 heterocycles. The highest BCUT2D eigenvalue weighted by Gasteiger charge is 2.11. The maximum atomic E-state index is 12.3. The number of nitrogens with zero attached hydrogens (tertiary/aromatic N) is 3. The Bertz CT molecular complexity index is 957. The Morgan fingerprint density at radius 3 is 2.70 bits per heavy atom. The normalized spacial score (nSPS) is 10.8. The molecule has 0 saturated carbocycles. The van der Waals surface area contributed by atoms with E-state index in [0.717, 1.165) is 16.9 Å². The lowest BCUT2D eigenvalue weighted by Crippen LogP contribution is -2.11. The summed E-state index contributed by atoms with van der Waals surface area (Å²) in [4.78, 5) is 16.7. The van der Waals surface area contributed by atoms with Gasteiger partial charge in [0.25, 0.3) is 5.91 Å². The molecular weight excluding hydrogens is 290 g/mol. The van der Waals surface area contributed by atoms with Gasteiger partial charge in [0, 0.05) is 29.8 Å². The van der Waals surface area contributed by atoms with Crippen molar-refractivity contribution in [2.24, 2.45) is 0 Å². The Kier molecular flexibility index (Phi) is 3.12. The number of benzene rings is 1. The number of amides is 1. The van der Waals surface area contributed by atoms with Gasteiger partial charge in [-0.1, -0.05) is 18.2 Å². The van der Waals surface area contributed by atoms with E-state index in [2.05, 4.69) is 20.5 Å². The third-order valence-electron chi connectivity index (χ3n) is 3.53. The van der Waals surface area contributed by atoms with Crippen LogP contribution in [0.3, 0.4) is 0 Å². The summed E-state index contributed by atoms with van der Waals surface area (Å²) in [5.41, 5.74) is 3.72. The van der Waals surface area contributed by atoms with Gasteiger partial charge in [-0.05, 0) is 30.3 Å². The second-order valence-electron chi connectivity index (χ2n) is 5.10. The Labute approximate surface area is 131 Å². The molecule has 3 aromatic heterocycles. The fraction of sp³-hybridized carbons (Fsp3) is 0. The third-order valence-corrected chi connectivity index (χ3v) is 3.53. The first-order valence-electron chi connectivity index (χ1n) is 7.14. The van der Waals surface area contributed by atoms with Gasteiger partial charge in [-0.15, -0.1) is 0 Å². The maximum absolute atomic E-state index is 12.3. The number of carbonyl (C=O) groups is 1. The Morgan fingerprint density at radius 2 is 1.91 bits per heavy atom. The van der Waals surface area contributed by atoms with Gasteiger partial charge >= 0.3 is 0 Å². The van der Waals surface area contributed by atoms with Crippen LogP contribution in [0, 0.1) is 0 Å². The van der Waals surface area contributed by atoms with Crippen LogP contribution in [0.2, 0.25) is 0 Å². The number of nitrogens with one attached hydrogen (secondary N) is 2. The highest BCUT2D eigenvalue weighted by molar-refractivity contribution is 6.03. The van der Waals surface area contributed by atoms with Gasteiger partial charge in [-0.2, -0.15) is 5.10 Å². The lowest BCUT2D eigenvalue weighted by molar-refractivity contribution is 0.102. The van der Waals surface area contributed by atoms with Gasteiger partial charge in [0.15, 0.2) is 0 Å². The molecule has 0 unspecified atom stereocenters. The molecule has 6 heteroatoms. The number of hydrogen-bond donors (Lipinski definition) is 2. The predicted octanol–water partition coefficient (Wildman–Crippen LogP) is 2.98. The SMILES string of the molecule is O=C(Nc1ccccc1)c1cn2cc(-c3ccn[nH]3)ccc2n1. The lowest BCUT2D eigenvalue weighted by Gasteiger charge is -2.01. The topological polar surface area (TPSA) is 75.1 Å². The molecule has 0 bridgehead atoms. The van der Waals surface area contributed by atoms with Crippen molar-refractivity contribution >= 4 is 17.2 Å². The smallest absolute Gasteiger partial charge is 0.275 e. The first-order valence-corrected chi connectivity index (χ1v) is 7.14. The highest BCUT2D eigenvalue weighted by atomic mass is 16.1. The fourth-order valence-electron chi connectivity index (χ4n) is 2.39.